The number of fused-ring (bicyclic) bond motifs is 1. The van der Waals surface area contributed by atoms with E-state index >= 15 is 0 Å². The molecule has 0 aliphatic carbocycles. The molecule has 3 heteroatoms. The van der Waals surface area contributed by atoms with Crippen LogP contribution in [0.3, 0.4) is 0 Å². The van der Waals surface area contributed by atoms with Crippen molar-refractivity contribution in [3.05, 3.63) is 47.5 Å². The predicted molar refractivity (Wildman–Crippen MR) is 90.0 cm³/mol. The zero-order valence-electron chi connectivity index (χ0n) is 13.6. The van der Waals surface area contributed by atoms with Crippen LogP contribution in [0, 0.1) is 0 Å². The van der Waals surface area contributed by atoms with Crippen LogP contribution in [0.1, 0.15) is 32.8 Å². The van der Waals surface area contributed by atoms with Crippen molar-refractivity contribution in [2.24, 2.45) is 0 Å². The molecule has 0 unspecified atom stereocenters. The molecule has 0 N–H and O–H groups in total. The van der Waals surface area contributed by atoms with Gasteiger partial charge in [0.2, 0.25) is 0 Å². The van der Waals surface area contributed by atoms with Crippen LogP contribution in [0.5, 0.6) is 5.75 Å². The Balaban J connectivity index is 2.48. The highest BCUT2D eigenvalue weighted by Crippen LogP contribution is 2.28. The van der Waals surface area contributed by atoms with Gasteiger partial charge in [-0.1, -0.05) is 25.1 Å². The van der Waals surface area contributed by atoms with Gasteiger partial charge in [-0.3, -0.25) is 0 Å². The van der Waals surface area contributed by atoms with Gasteiger partial charge in [0.25, 0.3) is 0 Å². The summed E-state index contributed by atoms with van der Waals surface area (Å²) in [6, 6.07) is 12.2. The van der Waals surface area contributed by atoms with Gasteiger partial charge in [-0.25, -0.2) is 4.79 Å². The average molecular weight is 298 g/mol. The van der Waals surface area contributed by atoms with E-state index in [-0.39, 0.29) is 5.97 Å². The molecule has 0 aliphatic rings. The topological polar surface area (TPSA) is 35.5 Å². The minimum absolute atomic E-state index is 0.242. The van der Waals surface area contributed by atoms with E-state index in [2.05, 4.69) is 19.1 Å². The summed E-state index contributed by atoms with van der Waals surface area (Å²) in [5.74, 6) is 0.600. The summed E-state index contributed by atoms with van der Waals surface area (Å²) < 4.78 is 10.4. The van der Waals surface area contributed by atoms with Crippen LogP contribution in [-0.2, 0) is 9.53 Å². The molecule has 0 heterocycles. The number of hydrogen-bond acceptors (Lipinski definition) is 3. The third-order valence-corrected chi connectivity index (χ3v) is 3.78. The molecule has 3 nitrogen and oxygen atoms in total. The number of benzene rings is 2. The summed E-state index contributed by atoms with van der Waals surface area (Å²) in [6.07, 6.45) is 0.784. The molecule has 0 radical (unpaired) electrons. The molecule has 0 amide bonds. The van der Waals surface area contributed by atoms with Crippen molar-refractivity contribution in [1.82, 2.24) is 0 Å². The third-order valence-electron chi connectivity index (χ3n) is 3.78. The van der Waals surface area contributed by atoms with Crippen molar-refractivity contribution in [2.45, 2.75) is 27.2 Å². The quantitative estimate of drug-likeness (QED) is 0.598. The molecule has 0 saturated carbocycles. The van der Waals surface area contributed by atoms with Crippen LogP contribution >= 0.6 is 0 Å². The molecule has 0 atom stereocenters. The highest BCUT2D eigenvalue weighted by atomic mass is 16.5. The minimum Gasteiger partial charge on any atom is -0.497 e. The second-order valence-corrected chi connectivity index (χ2v) is 5.11. The van der Waals surface area contributed by atoms with E-state index in [4.69, 9.17) is 9.47 Å². The van der Waals surface area contributed by atoms with E-state index in [9.17, 15) is 4.79 Å². The van der Waals surface area contributed by atoms with Gasteiger partial charge in [-0.15, -0.1) is 0 Å². The van der Waals surface area contributed by atoms with E-state index in [1.54, 1.807) is 7.11 Å². The van der Waals surface area contributed by atoms with Crippen molar-refractivity contribution >= 4 is 22.3 Å². The maximum atomic E-state index is 12.0. The van der Waals surface area contributed by atoms with Crippen LogP contribution in [0.4, 0.5) is 0 Å². The molecule has 22 heavy (non-hydrogen) atoms. The van der Waals surface area contributed by atoms with Gasteiger partial charge in [0.15, 0.2) is 0 Å². The fraction of sp³-hybridized carbons (Fsp3) is 0.316. The lowest BCUT2D eigenvalue weighted by Gasteiger charge is -2.12. The molecule has 0 spiro atoms. The second kappa shape index (κ2) is 7.12. The Hall–Kier alpha value is -2.29. The Bertz CT molecular complexity index is 714. The number of allylic oxidation sites excluding steroid dienone is 1. The Morgan fingerprint density at radius 2 is 1.73 bits per heavy atom. The molecule has 0 fully saturated rings. The first-order valence-electron chi connectivity index (χ1n) is 7.55. The smallest absolute Gasteiger partial charge is 0.333 e. The summed E-state index contributed by atoms with van der Waals surface area (Å²) in [4.78, 5) is 12.0. The number of ether oxygens (including phenoxy) is 2. The zero-order valence-corrected chi connectivity index (χ0v) is 13.6. The van der Waals surface area contributed by atoms with Crippen molar-refractivity contribution in [3.63, 3.8) is 0 Å². The summed E-state index contributed by atoms with van der Waals surface area (Å²) >= 11 is 0. The highest BCUT2D eigenvalue weighted by molar-refractivity contribution is 5.98. The summed E-state index contributed by atoms with van der Waals surface area (Å²) in [6.45, 7) is 6.09. The Morgan fingerprint density at radius 1 is 1.05 bits per heavy atom. The SMILES string of the molecule is CCOC(=O)/C(C)=C(\CC)c1ccc2cc(OC)ccc2c1. The van der Waals surface area contributed by atoms with Crippen LogP contribution in [0.25, 0.3) is 16.3 Å². The molecule has 0 saturated heterocycles. The molecule has 2 aromatic rings. The van der Waals surface area contributed by atoms with Gasteiger partial charge in [-0.2, -0.15) is 0 Å². The lowest BCUT2D eigenvalue weighted by atomic mass is 9.96. The largest absolute Gasteiger partial charge is 0.497 e. The molecule has 0 aliphatic heterocycles. The summed E-state index contributed by atoms with van der Waals surface area (Å²) in [7, 11) is 1.66. The Kier molecular flexibility index (Phi) is 5.21. The van der Waals surface area contributed by atoms with Gasteiger partial charge in [0.1, 0.15) is 5.75 Å². The normalized spacial score (nSPS) is 12.0. The molecular weight excluding hydrogens is 276 g/mol. The maximum Gasteiger partial charge on any atom is 0.333 e. The fourth-order valence-electron chi connectivity index (χ4n) is 2.59. The number of rotatable bonds is 5. The van der Waals surface area contributed by atoms with Gasteiger partial charge >= 0.3 is 5.97 Å². The average Bonchev–Trinajstić information content (AvgIpc) is 2.55. The molecule has 116 valence electrons. The van der Waals surface area contributed by atoms with E-state index in [1.165, 1.54) is 0 Å². The highest BCUT2D eigenvalue weighted by Gasteiger charge is 2.12. The van der Waals surface area contributed by atoms with Crippen LogP contribution in [-0.4, -0.2) is 19.7 Å². The van der Waals surface area contributed by atoms with Gasteiger partial charge in [0.05, 0.1) is 13.7 Å². The number of methoxy groups -OCH3 is 1. The second-order valence-electron chi connectivity index (χ2n) is 5.11. The van der Waals surface area contributed by atoms with Gasteiger partial charge in [0, 0.05) is 5.57 Å². The van der Waals surface area contributed by atoms with Gasteiger partial charge in [-0.05, 0) is 60.4 Å². The lowest BCUT2D eigenvalue weighted by molar-refractivity contribution is -0.138. The van der Waals surface area contributed by atoms with E-state index in [0.717, 1.165) is 34.1 Å². The number of carbonyl (C=O) groups excluding carboxylic acids is 1. The Labute approximate surface area is 131 Å². The number of esters is 1. The van der Waals surface area contributed by atoms with Crippen molar-refractivity contribution in [1.29, 1.82) is 0 Å². The monoisotopic (exact) mass is 298 g/mol. The van der Waals surface area contributed by atoms with Crippen molar-refractivity contribution in [2.75, 3.05) is 13.7 Å². The van der Waals surface area contributed by atoms with Crippen LogP contribution in [0.2, 0.25) is 0 Å². The Morgan fingerprint density at radius 3 is 2.36 bits per heavy atom. The maximum absolute atomic E-state index is 12.0. The molecule has 2 rings (SSSR count). The summed E-state index contributed by atoms with van der Waals surface area (Å²) in [5, 5.41) is 2.24. The van der Waals surface area contributed by atoms with E-state index in [0.29, 0.717) is 12.2 Å². The van der Waals surface area contributed by atoms with E-state index in [1.807, 2.05) is 38.1 Å². The third kappa shape index (κ3) is 3.30. The van der Waals surface area contributed by atoms with Crippen LogP contribution < -0.4 is 4.74 Å². The first kappa shape index (κ1) is 16.1. The molecule has 0 bridgehead atoms. The fourth-order valence-corrected chi connectivity index (χ4v) is 2.59. The van der Waals surface area contributed by atoms with Crippen molar-refractivity contribution < 1.29 is 14.3 Å². The standard InChI is InChI=1S/C19H22O3/c1-5-18(13(3)19(20)22-6-2)16-8-7-15-12-17(21-4)10-9-14(15)11-16/h7-12H,5-6H2,1-4H3/b18-13+. The number of hydrogen-bond donors (Lipinski definition) is 0. The van der Waals surface area contributed by atoms with Crippen molar-refractivity contribution in [3.8, 4) is 5.75 Å². The predicted octanol–water partition coefficient (Wildman–Crippen LogP) is 4.60. The lowest BCUT2D eigenvalue weighted by Crippen LogP contribution is -2.07. The number of carbonyl (C=O) groups is 1. The van der Waals surface area contributed by atoms with Crippen LogP contribution in [0.15, 0.2) is 42.0 Å². The minimum atomic E-state index is -0.242. The van der Waals surface area contributed by atoms with E-state index < -0.39 is 0 Å². The first-order valence-corrected chi connectivity index (χ1v) is 7.55. The van der Waals surface area contributed by atoms with Gasteiger partial charge < -0.3 is 9.47 Å². The molecule has 0 aromatic heterocycles. The molecular formula is C19H22O3. The molecule has 2 aromatic carbocycles. The first-order chi connectivity index (χ1) is 10.6. The summed E-state index contributed by atoms with van der Waals surface area (Å²) in [5.41, 5.74) is 2.76. The zero-order chi connectivity index (χ0) is 16.1.